The first-order valence-electron chi connectivity index (χ1n) is 4.30. The smallest absolute Gasteiger partial charge is 0.391 e. The fourth-order valence-corrected chi connectivity index (χ4v) is 1.04. The molecule has 1 aromatic heterocycles. The van der Waals surface area contributed by atoms with E-state index in [4.69, 9.17) is 10.8 Å². The molecule has 0 saturated heterocycles. The number of pyridine rings is 1. The van der Waals surface area contributed by atoms with E-state index < -0.39 is 24.0 Å². The van der Waals surface area contributed by atoms with Crippen LogP contribution < -0.4 is 5.73 Å². The van der Waals surface area contributed by atoms with E-state index >= 15 is 0 Å². The Morgan fingerprint density at radius 1 is 1.40 bits per heavy atom. The summed E-state index contributed by atoms with van der Waals surface area (Å²) in [5.74, 6) is 0. The second-order valence-electron chi connectivity index (χ2n) is 3.21. The Morgan fingerprint density at radius 2 is 2.00 bits per heavy atom. The number of alkyl halides is 3. The summed E-state index contributed by atoms with van der Waals surface area (Å²) in [6, 6.07) is 2.52. The highest BCUT2D eigenvalue weighted by atomic mass is 19.4. The second kappa shape index (κ2) is 4.16. The minimum absolute atomic E-state index is 0.0276. The first-order valence-corrected chi connectivity index (χ1v) is 4.30. The van der Waals surface area contributed by atoms with Crippen molar-refractivity contribution in [2.24, 2.45) is 5.73 Å². The van der Waals surface area contributed by atoms with Crippen molar-refractivity contribution < 1.29 is 18.3 Å². The zero-order valence-electron chi connectivity index (χ0n) is 7.99. The Balaban J connectivity index is 3.03. The van der Waals surface area contributed by atoms with Crippen LogP contribution in [0.2, 0.25) is 0 Å². The summed E-state index contributed by atoms with van der Waals surface area (Å²) in [7, 11) is 0. The van der Waals surface area contributed by atoms with Gasteiger partial charge in [-0.05, 0) is 19.1 Å². The highest BCUT2D eigenvalue weighted by molar-refractivity contribution is 5.16. The number of nitrogens with two attached hydrogens (primary N) is 1. The first-order chi connectivity index (χ1) is 6.82. The van der Waals surface area contributed by atoms with Gasteiger partial charge >= 0.3 is 6.18 Å². The molecule has 15 heavy (non-hydrogen) atoms. The summed E-state index contributed by atoms with van der Waals surface area (Å²) in [5.41, 5.74) is 4.49. The van der Waals surface area contributed by atoms with E-state index in [-0.39, 0.29) is 5.69 Å². The molecule has 0 bridgehead atoms. The lowest BCUT2D eigenvalue weighted by Crippen LogP contribution is -2.25. The molecule has 0 aliphatic carbocycles. The molecule has 84 valence electrons. The van der Waals surface area contributed by atoms with E-state index in [1.165, 1.54) is 19.1 Å². The van der Waals surface area contributed by atoms with Gasteiger partial charge in [-0.25, -0.2) is 4.98 Å². The van der Waals surface area contributed by atoms with Crippen LogP contribution in [-0.2, 0) is 6.18 Å². The van der Waals surface area contributed by atoms with Gasteiger partial charge < -0.3 is 10.8 Å². The predicted octanol–water partition coefficient (Wildman–Crippen LogP) is 1.48. The van der Waals surface area contributed by atoms with Crippen LogP contribution in [0.5, 0.6) is 0 Å². The van der Waals surface area contributed by atoms with Crippen molar-refractivity contribution in [3.63, 3.8) is 0 Å². The van der Waals surface area contributed by atoms with E-state index in [2.05, 4.69) is 4.98 Å². The van der Waals surface area contributed by atoms with Crippen molar-refractivity contribution >= 4 is 0 Å². The van der Waals surface area contributed by atoms with Crippen LogP contribution in [0.3, 0.4) is 0 Å². The van der Waals surface area contributed by atoms with Gasteiger partial charge in [0.25, 0.3) is 0 Å². The average molecular weight is 220 g/mol. The number of hydrogen-bond donors (Lipinski definition) is 2. The molecule has 0 aliphatic rings. The molecule has 0 fully saturated rings. The van der Waals surface area contributed by atoms with Crippen LogP contribution in [-0.4, -0.2) is 16.2 Å². The fraction of sp³-hybridized carbons (Fsp3) is 0.444. The van der Waals surface area contributed by atoms with Gasteiger partial charge in [0, 0.05) is 0 Å². The number of aliphatic hydroxyl groups excluding tert-OH is 1. The Kier molecular flexibility index (Phi) is 3.31. The topological polar surface area (TPSA) is 59.1 Å². The lowest BCUT2D eigenvalue weighted by atomic mass is 10.1. The minimum Gasteiger partial charge on any atom is -0.391 e. The largest absolute Gasteiger partial charge is 0.433 e. The Labute approximate surface area is 84.7 Å². The van der Waals surface area contributed by atoms with Crippen LogP contribution in [0.4, 0.5) is 13.2 Å². The fourth-order valence-electron chi connectivity index (χ4n) is 1.04. The average Bonchev–Trinajstić information content (AvgIpc) is 2.15. The zero-order chi connectivity index (χ0) is 11.6. The molecule has 1 rings (SSSR count). The lowest BCUT2D eigenvalue weighted by Gasteiger charge is -2.15. The van der Waals surface area contributed by atoms with Gasteiger partial charge in [0.1, 0.15) is 5.69 Å². The molecule has 0 unspecified atom stereocenters. The van der Waals surface area contributed by atoms with E-state index in [0.29, 0.717) is 0 Å². The SMILES string of the molecule is C[C@@H](O)[C@@H](N)c1cccc(C(F)(F)F)n1. The van der Waals surface area contributed by atoms with Crippen molar-refractivity contribution in [2.75, 3.05) is 0 Å². The van der Waals surface area contributed by atoms with Gasteiger partial charge in [-0.2, -0.15) is 13.2 Å². The van der Waals surface area contributed by atoms with Crippen LogP contribution >= 0.6 is 0 Å². The van der Waals surface area contributed by atoms with E-state index in [9.17, 15) is 13.2 Å². The maximum atomic E-state index is 12.3. The predicted molar refractivity (Wildman–Crippen MR) is 47.8 cm³/mol. The summed E-state index contributed by atoms with van der Waals surface area (Å²) < 4.78 is 36.8. The third-order valence-corrected chi connectivity index (χ3v) is 1.92. The van der Waals surface area contributed by atoms with Gasteiger partial charge in [-0.3, -0.25) is 0 Å². The summed E-state index contributed by atoms with van der Waals surface area (Å²) in [4.78, 5) is 3.36. The van der Waals surface area contributed by atoms with Crippen molar-refractivity contribution in [2.45, 2.75) is 25.2 Å². The standard InChI is InChI=1S/C9H11F3N2O/c1-5(15)8(13)6-3-2-4-7(14-6)9(10,11)12/h2-5,8,15H,13H2,1H3/t5-,8-/m1/s1. The number of hydrogen-bond acceptors (Lipinski definition) is 3. The summed E-state index contributed by atoms with van der Waals surface area (Å²) in [5, 5.41) is 9.12. The number of aliphatic hydroxyl groups is 1. The highest BCUT2D eigenvalue weighted by Crippen LogP contribution is 2.28. The molecule has 6 heteroatoms. The Hall–Kier alpha value is -1.14. The van der Waals surface area contributed by atoms with Gasteiger partial charge in [-0.15, -0.1) is 0 Å². The molecule has 0 radical (unpaired) electrons. The van der Waals surface area contributed by atoms with E-state index in [1.54, 1.807) is 0 Å². The minimum atomic E-state index is -4.49. The van der Waals surface area contributed by atoms with Gasteiger partial charge in [0.15, 0.2) is 0 Å². The number of nitrogens with zero attached hydrogens (tertiary/aromatic N) is 1. The zero-order valence-corrected chi connectivity index (χ0v) is 7.99. The van der Waals surface area contributed by atoms with Crippen molar-refractivity contribution in [3.05, 3.63) is 29.6 Å². The third-order valence-electron chi connectivity index (χ3n) is 1.92. The van der Waals surface area contributed by atoms with E-state index in [0.717, 1.165) is 6.07 Å². The number of rotatable bonds is 2. The molecule has 3 N–H and O–H groups in total. The van der Waals surface area contributed by atoms with Crippen LogP contribution in [0.25, 0.3) is 0 Å². The summed E-state index contributed by atoms with van der Waals surface area (Å²) in [6.45, 7) is 1.40. The first kappa shape index (κ1) is 11.9. The molecular formula is C9H11F3N2O. The van der Waals surface area contributed by atoms with Gasteiger partial charge in [-0.1, -0.05) is 6.07 Å². The quantitative estimate of drug-likeness (QED) is 0.793. The molecule has 0 aliphatic heterocycles. The van der Waals surface area contributed by atoms with Crippen LogP contribution in [0, 0.1) is 0 Å². The number of halogens is 3. The molecule has 2 atom stereocenters. The third kappa shape index (κ3) is 2.90. The monoisotopic (exact) mass is 220 g/mol. The molecule has 0 amide bonds. The Bertz CT molecular complexity index is 338. The molecule has 1 heterocycles. The van der Waals surface area contributed by atoms with Crippen molar-refractivity contribution in [3.8, 4) is 0 Å². The number of aromatic nitrogens is 1. The van der Waals surface area contributed by atoms with Crippen LogP contribution in [0.1, 0.15) is 24.4 Å². The normalized spacial score (nSPS) is 16.1. The highest BCUT2D eigenvalue weighted by Gasteiger charge is 2.32. The van der Waals surface area contributed by atoms with Gasteiger partial charge in [0.2, 0.25) is 0 Å². The Morgan fingerprint density at radius 3 is 2.47 bits per heavy atom. The second-order valence-corrected chi connectivity index (χ2v) is 3.21. The molecule has 0 aromatic carbocycles. The maximum absolute atomic E-state index is 12.3. The summed E-state index contributed by atoms with van der Waals surface area (Å²) >= 11 is 0. The van der Waals surface area contributed by atoms with Crippen LogP contribution in [0.15, 0.2) is 18.2 Å². The van der Waals surface area contributed by atoms with E-state index in [1.807, 2.05) is 0 Å². The molecule has 0 saturated carbocycles. The van der Waals surface area contributed by atoms with Crippen molar-refractivity contribution in [1.82, 2.24) is 4.98 Å². The molecule has 1 aromatic rings. The summed E-state index contributed by atoms with van der Waals surface area (Å²) in [6.07, 6.45) is -5.44. The van der Waals surface area contributed by atoms with Crippen molar-refractivity contribution in [1.29, 1.82) is 0 Å². The van der Waals surface area contributed by atoms with Gasteiger partial charge in [0.05, 0.1) is 17.8 Å². The molecular weight excluding hydrogens is 209 g/mol. The maximum Gasteiger partial charge on any atom is 0.433 e. The molecule has 3 nitrogen and oxygen atoms in total. The lowest BCUT2D eigenvalue weighted by molar-refractivity contribution is -0.141. The molecule has 0 spiro atoms.